The Morgan fingerprint density at radius 2 is 1.81 bits per heavy atom. The SMILES string of the molecule is CCOCc1ccccc1CNC(=NC)NCCOC1CCCCCC1. The van der Waals surface area contributed by atoms with E-state index in [0.717, 1.165) is 32.3 Å². The summed E-state index contributed by atoms with van der Waals surface area (Å²) in [6.45, 7) is 5.63. The Labute approximate surface area is 158 Å². The van der Waals surface area contributed by atoms with Gasteiger partial charge >= 0.3 is 0 Å². The molecule has 1 aromatic rings. The summed E-state index contributed by atoms with van der Waals surface area (Å²) in [6, 6.07) is 8.35. The summed E-state index contributed by atoms with van der Waals surface area (Å²) >= 11 is 0. The third-order valence-corrected chi connectivity index (χ3v) is 4.80. The monoisotopic (exact) mass is 361 g/mol. The average molecular weight is 362 g/mol. The smallest absolute Gasteiger partial charge is 0.191 e. The number of aliphatic imine (C=N–C) groups is 1. The summed E-state index contributed by atoms with van der Waals surface area (Å²) in [5.74, 6) is 0.806. The van der Waals surface area contributed by atoms with Gasteiger partial charge < -0.3 is 20.1 Å². The summed E-state index contributed by atoms with van der Waals surface area (Å²) in [5.41, 5.74) is 2.45. The van der Waals surface area contributed by atoms with Crippen molar-refractivity contribution < 1.29 is 9.47 Å². The third-order valence-electron chi connectivity index (χ3n) is 4.80. The second-order valence-electron chi connectivity index (χ2n) is 6.74. The van der Waals surface area contributed by atoms with Gasteiger partial charge in [-0.3, -0.25) is 4.99 Å². The Morgan fingerprint density at radius 3 is 2.50 bits per heavy atom. The van der Waals surface area contributed by atoms with Crippen LogP contribution in [0.25, 0.3) is 0 Å². The van der Waals surface area contributed by atoms with Crippen LogP contribution in [0.2, 0.25) is 0 Å². The maximum absolute atomic E-state index is 6.02. The average Bonchev–Trinajstić information content (AvgIpc) is 2.95. The summed E-state index contributed by atoms with van der Waals surface area (Å²) in [6.07, 6.45) is 8.21. The molecule has 1 fully saturated rings. The first-order valence-corrected chi connectivity index (χ1v) is 10.0. The van der Waals surface area contributed by atoms with Crippen molar-refractivity contribution in [1.29, 1.82) is 0 Å². The molecule has 0 unspecified atom stereocenters. The van der Waals surface area contributed by atoms with Crippen LogP contribution < -0.4 is 10.6 Å². The highest BCUT2D eigenvalue weighted by Crippen LogP contribution is 2.19. The Morgan fingerprint density at radius 1 is 1.08 bits per heavy atom. The zero-order chi connectivity index (χ0) is 18.5. The van der Waals surface area contributed by atoms with Gasteiger partial charge in [-0.15, -0.1) is 0 Å². The van der Waals surface area contributed by atoms with E-state index in [1.165, 1.54) is 49.7 Å². The lowest BCUT2D eigenvalue weighted by atomic mass is 10.1. The maximum atomic E-state index is 6.02. The molecule has 1 aliphatic rings. The van der Waals surface area contributed by atoms with Crippen molar-refractivity contribution in [2.45, 2.75) is 64.7 Å². The molecule has 0 spiro atoms. The van der Waals surface area contributed by atoms with Gasteiger partial charge in [0.2, 0.25) is 0 Å². The Bertz CT molecular complexity index is 526. The molecule has 1 aliphatic carbocycles. The quantitative estimate of drug-likeness (QED) is 0.305. The number of hydrogen-bond acceptors (Lipinski definition) is 3. The number of hydrogen-bond donors (Lipinski definition) is 2. The van der Waals surface area contributed by atoms with Crippen molar-refractivity contribution in [3.05, 3.63) is 35.4 Å². The molecule has 2 rings (SSSR count). The van der Waals surface area contributed by atoms with Crippen LogP contribution in [0.1, 0.15) is 56.6 Å². The molecule has 146 valence electrons. The number of benzene rings is 1. The van der Waals surface area contributed by atoms with Crippen LogP contribution >= 0.6 is 0 Å². The Hall–Kier alpha value is -1.59. The minimum atomic E-state index is 0.444. The number of nitrogens with zero attached hydrogens (tertiary/aromatic N) is 1. The number of guanidine groups is 1. The second kappa shape index (κ2) is 12.7. The van der Waals surface area contributed by atoms with Crippen LogP contribution in [-0.4, -0.2) is 38.9 Å². The maximum Gasteiger partial charge on any atom is 0.191 e. The van der Waals surface area contributed by atoms with E-state index < -0.39 is 0 Å². The van der Waals surface area contributed by atoms with Crippen molar-refractivity contribution in [3.8, 4) is 0 Å². The topological polar surface area (TPSA) is 54.9 Å². The van der Waals surface area contributed by atoms with Crippen molar-refractivity contribution in [2.24, 2.45) is 4.99 Å². The van der Waals surface area contributed by atoms with E-state index >= 15 is 0 Å². The number of ether oxygens (including phenoxy) is 2. The fraction of sp³-hybridized carbons (Fsp3) is 0.667. The van der Waals surface area contributed by atoms with Gasteiger partial charge in [-0.05, 0) is 30.9 Å². The predicted molar refractivity (Wildman–Crippen MR) is 107 cm³/mol. The molecule has 26 heavy (non-hydrogen) atoms. The molecule has 0 bridgehead atoms. The van der Waals surface area contributed by atoms with Crippen LogP contribution in [0.15, 0.2) is 29.3 Å². The van der Waals surface area contributed by atoms with Crippen LogP contribution in [0.4, 0.5) is 0 Å². The predicted octanol–water partition coefficient (Wildman–Crippen LogP) is 3.63. The molecule has 1 aromatic carbocycles. The Kier molecular flexibility index (Phi) is 10.1. The van der Waals surface area contributed by atoms with Gasteiger partial charge in [0.1, 0.15) is 0 Å². The Balaban J connectivity index is 1.69. The van der Waals surface area contributed by atoms with E-state index in [9.17, 15) is 0 Å². The minimum absolute atomic E-state index is 0.444. The third kappa shape index (κ3) is 7.75. The standard InChI is InChI=1S/C21H35N3O2/c1-3-25-17-19-11-9-8-10-18(19)16-24-21(22-2)23-14-15-26-20-12-6-4-5-7-13-20/h8-11,20H,3-7,12-17H2,1-2H3,(H2,22,23,24). The molecule has 5 heteroatoms. The lowest BCUT2D eigenvalue weighted by molar-refractivity contribution is 0.0468. The fourth-order valence-electron chi connectivity index (χ4n) is 3.29. The molecule has 5 nitrogen and oxygen atoms in total. The van der Waals surface area contributed by atoms with Gasteiger partial charge in [-0.2, -0.15) is 0 Å². The molecule has 0 amide bonds. The van der Waals surface area contributed by atoms with E-state index in [0.29, 0.717) is 12.7 Å². The molecule has 0 heterocycles. The largest absolute Gasteiger partial charge is 0.377 e. The summed E-state index contributed by atoms with van der Waals surface area (Å²) in [4.78, 5) is 4.30. The molecular formula is C21H35N3O2. The lowest BCUT2D eigenvalue weighted by Crippen LogP contribution is -2.39. The fourth-order valence-corrected chi connectivity index (χ4v) is 3.29. The van der Waals surface area contributed by atoms with E-state index in [-0.39, 0.29) is 0 Å². The minimum Gasteiger partial charge on any atom is -0.377 e. The molecule has 0 atom stereocenters. The first kappa shape index (κ1) is 20.7. The zero-order valence-corrected chi connectivity index (χ0v) is 16.4. The number of rotatable bonds is 9. The van der Waals surface area contributed by atoms with E-state index in [4.69, 9.17) is 9.47 Å². The summed E-state index contributed by atoms with van der Waals surface area (Å²) in [5, 5.41) is 6.72. The first-order valence-electron chi connectivity index (χ1n) is 10.0. The van der Waals surface area contributed by atoms with E-state index in [2.05, 4.69) is 39.9 Å². The van der Waals surface area contributed by atoms with Crippen molar-refractivity contribution in [3.63, 3.8) is 0 Å². The van der Waals surface area contributed by atoms with Gasteiger partial charge in [-0.25, -0.2) is 0 Å². The van der Waals surface area contributed by atoms with Crippen LogP contribution in [0.5, 0.6) is 0 Å². The van der Waals surface area contributed by atoms with Gasteiger partial charge in [0.05, 0.1) is 19.3 Å². The van der Waals surface area contributed by atoms with Gasteiger partial charge in [0.25, 0.3) is 0 Å². The van der Waals surface area contributed by atoms with E-state index in [1.54, 1.807) is 7.05 Å². The molecule has 0 radical (unpaired) electrons. The first-order chi connectivity index (χ1) is 12.8. The highest BCUT2D eigenvalue weighted by atomic mass is 16.5. The second-order valence-corrected chi connectivity index (χ2v) is 6.74. The molecular weight excluding hydrogens is 326 g/mol. The van der Waals surface area contributed by atoms with Gasteiger partial charge in [0, 0.05) is 26.7 Å². The molecule has 0 aliphatic heterocycles. The van der Waals surface area contributed by atoms with Crippen molar-refractivity contribution in [2.75, 3.05) is 26.8 Å². The van der Waals surface area contributed by atoms with Crippen molar-refractivity contribution >= 4 is 5.96 Å². The van der Waals surface area contributed by atoms with Crippen LogP contribution in [-0.2, 0) is 22.6 Å². The molecule has 1 saturated carbocycles. The zero-order valence-electron chi connectivity index (χ0n) is 16.4. The van der Waals surface area contributed by atoms with Gasteiger partial charge in [0.15, 0.2) is 5.96 Å². The highest BCUT2D eigenvalue weighted by molar-refractivity contribution is 5.79. The highest BCUT2D eigenvalue weighted by Gasteiger charge is 2.12. The summed E-state index contributed by atoms with van der Waals surface area (Å²) in [7, 11) is 1.80. The van der Waals surface area contributed by atoms with Crippen LogP contribution in [0, 0.1) is 0 Å². The summed E-state index contributed by atoms with van der Waals surface area (Å²) < 4.78 is 11.6. The molecule has 2 N–H and O–H groups in total. The van der Waals surface area contributed by atoms with Gasteiger partial charge in [-0.1, -0.05) is 49.9 Å². The molecule has 0 aromatic heterocycles. The van der Waals surface area contributed by atoms with Crippen LogP contribution in [0.3, 0.4) is 0 Å². The lowest BCUT2D eigenvalue weighted by Gasteiger charge is -2.17. The van der Waals surface area contributed by atoms with E-state index in [1.807, 2.05) is 6.92 Å². The normalized spacial score (nSPS) is 16.3. The van der Waals surface area contributed by atoms with Crippen molar-refractivity contribution in [1.82, 2.24) is 10.6 Å². The number of nitrogens with one attached hydrogen (secondary N) is 2. The molecule has 0 saturated heterocycles.